The number of aliphatic hydroxyl groups is 1. The van der Waals surface area contributed by atoms with Crippen LogP contribution in [0.25, 0.3) is 0 Å². The van der Waals surface area contributed by atoms with Crippen LogP contribution in [0.3, 0.4) is 0 Å². The molecular weight excluding hydrogens is 648 g/mol. The largest absolute Gasteiger partial charge is 0.388 e. The molecule has 248 valence electrons. The van der Waals surface area contributed by atoms with Crippen molar-refractivity contribution in [3.63, 3.8) is 0 Å². The Hall–Kier alpha value is -2.43. The van der Waals surface area contributed by atoms with Gasteiger partial charge in [0.1, 0.15) is 30.0 Å². The molecule has 2 saturated heterocycles. The molecule has 1 N–H and O–H groups in total. The quantitative estimate of drug-likeness (QED) is 0.183. The SMILES string of the molecule is CC1(C)O[C@](C)(C(=O)CC[C@H]2O[C@H](COCc3ccccc3)[C@@H](OCc3ccccc3)[C@H](OCc3ccccc3)[C@H]2O)CC[C@H]1Br. The van der Waals surface area contributed by atoms with E-state index in [1.165, 1.54) is 0 Å². The highest BCUT2D eigenvalue weighted by Gasteiger charge is 2.49. The average Bonchev–Trinajstić information content (AvgIpc) is 3.06. The molecule has 0 aromatic heterocycles. The molecule has 8 heteroatoms. The van der Waals surface area contributed by atoms with Crippen LogP contribution in [0, 0.1) is 0 Å². The number of Topliss-reactive ketones (excluding diaryl/α,β-unsaturated/α-hetero) is 1. The van der Waals surface area contributed by atoms with Gasteiger partial charge in [-0.05, 0) is 56.7 Å². The predicted molar refractivity (Wildman–Crippen MR) is 181 cm³/mol. The number of hydrogen-bond acceptors (Lipinski definition) is 7. The van der Waals surface area contributed by atoms with Gasteiger partial charge in [-0.1, -0.05) is 107 Å². The molecule has 3 aromatic rings. The standard InChI is InChI=1S/C38H47BrO7/c1-37(2)32(39)21-22-38(3,46-37)33(40)20-19-30-34(41)36(44-25-29-17-11-6-12-18-29)35(43-24-28-15-9-5-10-16-28)31(45-30)26-42-23-27-13-7-4-8-14-27/h4-18,30-32,34-36,41H,19-26H2,1-3H3/t30-,31-,32-,34+,35-,36-,38+/m1/s1. The monoisotopic (exact) mass is 694 g/mol. The van der Waals surface area contributed by atoms with E-state index in [1.54, 1.807) is 0 Å². The van der Waals surface area contributed by atoms with Gasteiger partial charge in [-0.15, -0.1) is 0 Å². The second-order valence-corrected chi connectivity index (χ2v) is 14.2. The summed E-state index contributed by atoms with van der Waals surface area (Å²) in [6, 6.07) is 29.7. The van der Waals surface area contributed by atoms with Gasteiger partial charge in [0.15, 0.2) is 5.78 Å². The molecule has 0 aliphatic carbocycles. The van der Waals surface area contributed by atoms with Crippen molar-refractivity contribution in [1.82, 2.24) is 0 Å². The summed E-state index contributed by atoms with van der Waals surface area (Å²) in [5.74, 6) is 0.0110. The van der Waals surface area contributed by atoms with Gasteiger partial charge in [0, 0.05) is 11.2 Å². The number of halogens is 1. The van der Waals surface area contributed by atoms with E-state index in [-0.39, 0.29) is 23.6 Å². The van der Waals surface area contributed by atoms with E-state index in [9.17, 15) is 9.90 Å². The third kappa shape index (κ3) is 9.13. The van der Waals surface area contributed by atoms with Crippen LogP contribution < -0.4 is 0 Å². The van der Waals surface area contributed by atoms with Gasteiger partial charge in [0.05, 0.1) is 38.1 Å². The molecule has 2 aliphatic heterocycles. The number of ketones is 1. The summed E-state index contributed by atoms with van der Waals surface area (Å²) in [5, 5.41) is 11.8. The van der Waals surface area contributed by atoms with Crippen LogP contribution in [-0.2, 0) is 48.3 Å². The zero-order valence-electron chi connectivity index (χ0n) is 27.1. The van der Waals surface area contributed by atoms with Crippen molar-refractivity contribution in [2.24, 2.45) is 0 Å². The van der Waals surface area contributed by atoms with Crippen LogP contribution in [0.2, 0.25) is 0 Å². The zero-order valence-corrected chi connectivity index (χ0v) is 28.6. The first-order valence-electron chi connectivity index (χ1n) is 16.3. The Kier molecular flexibility index (Phi) is 12.2. The molecule has 3 aromatic carbocycles. The Morgan fingerprint density at radius 2 is 1.33 bits per heavy atom. The molecule has 2 heterocycles. The third-order valence-corrected chi connectivity index (χ3v) is 10.6. The minimum Gasteiger partial charge on any atom is -0.388 e. The predicted octanol–water partition coefficient (Wildman–Crippen LogP) is 6.96. The summed E-state index contributed by atoms with van der Waals surface area (Å²) >= 11 is 3.71. The summed E-state index contributed by atoms with van der Waals surface area (Å²) in [6.07, 6.45) is -1.53. The number of hydrogen-bond donors (Lipinski definition) is 1. The van der Waals surface area contributed by atoms with E-state index in [2.05, 4.69) is 15.9 Å². The topological polar surface area (TPSA) is 83.5 Å². The van der Waals surface area contributed by atoms with Gasteiger partial charge in [-0.3, -0.25) is 4.79 Å². The van der Waals surface area contributed by atoms with E-state index in [0.29, 0.717) is 32.7 Å². The van der Waals surface area contributed by atoms with E-state index in [0.717, 1.165) is 23.1 Å². The first-order chi connectivity index (χ1) is 22.1. The summed E-state index contributed by atoms with van der Waals surface area (Å²) in [7, 11) is 0. The first-order valence-corrected chi connectivity index (χ1v) is 17.2. The van der Waals surface area contributed by atoms with Gasteiger partial charge in [-0.2, -0.15) is 0 Å². The Bertz CT molecular complexity index is 1360. The molecule has 7 atom stereocenters. The Labute approximate surface area is 281 Å². The molecule has 46 heavy (non-hydrogen) atoms. The van der Waals surface area contributed by atoms with E-state index < -0.39 is 41.7 Å². The van der Waals surface area contributed by atoms with Crippen LogP contribution in [0.15, 0.2) is 91.0 Å². The lowest BCUT2D eigenvalue weighted by Gasteiger charge is -2.46. The second kappa shape index (κ2) is 16.1. The zero-order chi connectivity index (χ0) is 32.6. The lowest BCUT2D eigenvalue weighted by atomic mass is 9.83. The van der Waals surface area contributed by atoms with Crippen LogP contribution in [-0.4, -0.2) is 64.0 Å². The molecular formula is C38H47BrO7. The number of aliphatic hydroxyl groups excluding tert-OH is 1. The van der Waals surface area contributed by atoms with Gasteiger partial charge < -0.3 is 28.8 Å². The highest BCUT2D eigenvalue weighted by atomic mass is 79.9. The molecule has 5 rings (SSSR count). The van der Waals surface area contributed by atoms with Crippen molar-refractivity contribution < 1.29 is 33.6 Å². The molecule has 0 radical (unpaired) electrons. The van der Waals surface area contributed by atoms with Crippen LogP contribution in [0.4, 0.5) is 0 Å². The van der Waals surface area contributed by atoms with Gasteiger partial charge in [0.25, 0.3) is 0 Å². The minimum absolute atomic E-state index is 0.0110. The molecule has 0 saturated carbocycles. The summed E-state index contributed by atoms with van der Waals surface area (Å²) in [5.41, 5.74) is 1.68. The molecule has 2 fully saturated rings. The number of benzene rings is 3. The average molecular weight is 696 g/mol. The number of ether oxygens (including phenoxy) is 5. The fourth-order valence-electron chi connectivity index (χ4n) is 6.35. The summed E-state index contributed by atoms with van der Waals surface area (Å²) in [6.45, 7) is 7.17. The first kappa shape index (κ1) is 34.9. The smallest absolute Gasteiger partial charge is 0.164 e. The normalized spacial score (nSPS) is 29.3. The Balaban J connectivity index is 1.33. The van der Waals surface area contributed by atoms with Crippen LogP contribution in [0.5, 0.6) is 0 Å². The van der Waals surface area contributed by atoms with Gasteiger partial charge >= 0.3 is 0 Å². The molecule has 0 unspecified atom stereocenters. The summed E-state index contributed by atoms with van der Waals surface area (Å²) < 4.78 is 32.1. The number of carbonyl (C=O) groups excluding carboxylic acids is 1. The third-order valence-electron chi connectivity index (χ3n) is 9.08. The van der Waals surface area contributed by atoms with Crippen LogP contribution in [0.1, 0.15) is 63.1 Å². The highest BCUT2D eigenvalue weighted by Crippen LogP contribution is 2.40. The van der Waals surface area contributed by atoms with Crippen molar-refractivity contribution in [1.29, 1.82) is 0 Å². The molecule has 2 aliphatic rings. The molecule has 0 amide bonds. The van der Waals surface area contributed by atoms with E-state index in [4.69, 9.17) is 23.7 Å². The maximum absolute atomic E-state index is 13.6. The maximum atomic E-state index is 13.6. The summed E-state index contributed by atoms with van der Waals surface area (Å²) in [4.78, 5) is 13.8. The lowest BCUT2D eigenvalue weighted by Crippen LogP contribution is -2.60. The van der Waals surface area contributed by atoms with E-state index in [1.807, 2.05) is 112 Å². The Morgan fingerprint density at radius 3 is 1.87 bits per heavy atom. The number of alkyl halides is 1. The fraction of sp³-hybridized carbons (Fsp3) is 0.500. The van der Waals surface area contributed by atoms with Crippen molar-refractivity contribution >= 4 is 21.7 Å². The highest BCUT2D eigenvalue weighted by molar-refractivity contribution is 9.09. The maximum Gasteiger partial charge on any atom is 0.164 e. The molecule has 0 spiro atoms. The molecule has 7 nitrogen and oxygen atoms in total. The second-order valence-electron chi connectivity index (χ2n) is 13.1. The minimum atomic E-state index is -1.02. The Morgan fingerprint density at radius 1 is 0.804 bits per heavy atom. The van der Waals surface area contributed by atoms with E-state index >= 15 is 0 Å². The lowest BCUT2D eigenvalue weighted by molar-refractivity contribution is -0.262. The van der Waals surface area contributed by atoms with Gasteiger partial charge in [0.2, 0.25) is 0 Å². The number of rotatable bonds is 14. The molecule has 0 bridgehead atoms. The number of carbonyl (C=O) groups is 1. The van der Waals surface area contributed by atoms with Crippen molar-refractivity contribution in [3.05, 3.63) is 108 Å². The van der Waals surface area contributed by atoms with Crippen molar-refractivity contribution in [3.8, 4) is 0 Å². The van der Waals surface area contributed by atoms with Crippen molar-refractivity contribution in [2.45, 2.75) is 113 Å². The van der Waals surface area contributed by atoms with Crippen molar-refractivity contribution in [2.75, 3.05) is 6.61 Å². The van der Waals surface area contributed by atoms with Crippen LogP contribution >= 0.6 is 15.9 Å². The fourth-order valence-corrected chi connectivity index (χ4v) is 6.67. The van der Waals surface area contributed by atoms with Gasteiger partial charge in [-0.25, -0.2) is 0 Å².